The number of thiazole rings is 1. The lowest BCUT2D eigenvalue weighted by Crippen LogP contribution is -2.39. The number of carbonyl (C=O) groups excluding carboxylic acids is 1. The fraction of sp³-hybridized carbons (Fsp3) is 0.182. The van der Waals surface area contributed by atoms with Crippen LogP contribution >= 0.6 is 38.9 Å². The molecule has 3 heterocycles. The molecule has 0 radical (unpaired) electrons. The Balaban J connectivity index is 1.52. The lowest BCUT2D eigenvalue weighted by atomic mass is 9.96. The average molecular weight is 677 g/mol. The first-order valence-electron chi connectivity index (χ1n) is 13.6. The number of fused-ring (bicyclic) bond motifs is 2. The highest BCUT2D eigenvalue weighted by molar-refractivity contribution is 9.10. The maximum Gasteiger partial charge on any atom is 0.338 e. The van der Waals surface area contributed by atoms with Crippen LogP contribution in [0.2, 0.25) is 5.02 Å². The summed E-state index contributed by atoms with van der Waals surface area (Å²) in [4.78, 5) is 32.6. The first-order valence-corrected chi connectivity index (χ1v) is 15.6. The maximum atomic E-state index is 14.2. The predicted octanol–water partition coefficient (Wildman–Crippen LogP) is 6.23. The smallest absolute Gasteiger partial charge is 0.338 e. The lowest BCUT2D eigenvalue weighted by molar-refractivity contribution is -0.139. The fourth-order valence-electron chi connectivity index (χ4n) is 5.45. The first kappa shape index (κ1) is 29.2. The van der Waals surface area contributed by atoms with Crippen molar-refractivity contribution in [3.8, 4) is 5.75 Å². The van der Waals surface area contributed by atoms with Crippen LogP contribution in [0.5, 0.6) is 5.75 Å². The number of para-hydroxylation sites is 1. The van der Waals surface area contributed by atoms with Gasteiger partial charge in [0, 0.05) is 34.2 Å². The third-order valence-electron chi connectivity index (χ3n) is 7.36. The van der Waals surface area contributed by atoms with Gasteiger partial charge in [-0.3, -0.25) is 9.36 Å². The van der Waals surface area contributed by atoms with Gasteiger partial charge in [0.05, 0.1) is 40.0 Å². The molecule has 0 fully saturated rings. The van der Waals surface area contributed by atoms with Gasteiger partial charge in [-0.2, -0.15) is 0 Å². The minimum Gasteiger partial charge on any atom is -0.496 e. The van der Waals surface area contributed by atoms with Crippen molar-refractivity contribution in [1.29, 1.82) is 0 Å². The Kier molecular flexibility index (Phi) is 8.13. The second-order valence-electron chi connectivity index (χ2n) is 10.1. The van der Waals surface area contributed by atoms with E-state index in [0.717, 1.165) is 27.6 Å². The number of esters is 1. The Morgan fingerprint density at radius 2 is 1.95 bits per heavy atom. The summed E-state index contributed by atoms with van der Waals surface area (Å²) in [6.07, 6.45) is 3.96. The number of nitrogens with zero attached hydrogens (tertiary/aromatic N) is 3. The van der Waals surface area contributed by atoms with E-state index in [-0.39, 0.29) is 12.2 Å². The lowest BCUT2D eigenvalue weighted by Gasteiger charge is -2.25. The van der Waals surface area contributed by atoms with Crippen LogP contribution in [-0.4, -0.2) is 28.8 Å². The van der Waals surface area contributed by atoms with Crippen LogP contribution in [0.3, 0.4) is 0 Å². The topological polar surface area (TPSA) is 74.8 Å². The number of hydrogen-bond acceptors (Lipinski definition) is 6. The number of allylic oxidation sites excluding steroid dienone is 1. The molecule has 10 heteroatoms. The van der Waals surface area contributed by atoms with Crippen molar-refractivity contribution in [2.75, 3.05) is 13.7 Å². The molecule has 0 unspecified atom stereocenters. The highest BCUT2D eigenvalue weighted by Gasteiger charge is 2.33. The number of hydrogen-bond donors (Lipinski definition) is 0. The van der Waals surface area contributed by atoms with Crippen LogP contribution in [-0.2, 0) is 16.1 Å². The Bertz CT molecular complexity index is 2110. The molecule has 0 spiro atoms. The van der Waals surface area contributed by atoms with Crippen LogP contribution < -0.4 is 19.6 Å². The molecule has 0 amide bonds. The number of ether oxygens (including phenoxy) is 2. The van der Waals surface area contributed by atoms with Gasteiger partial charge in [-0.1, -0.05) is 59.3 Å². The Morgan fingerprint density at radius 3 is 2.70 bits per heavy atom. The van der Waals surface area contributed by atoms with Gasteiger partial charge in [-0.25, -0.2) is 9.79 Å². The van der Waals surface area contributed by atoms with Gasteiger partial charge in [0.2, 0.25) is 0 Å². The summed E-state index contributed by atoms with van der Waals surface area (Å²) in [5.41, 5.74) is 4.37. The minimum atomic E-state index is -0.719. The molecule has 0 bridgehead atoms. The zero-order chi connectivity index (χ0) is 30.2. The van der Waals surface area contributed by atoms with Crippen molar-refractivity contribution in [1.82, 2.24) is 9.13 Å². The summed E-state index contributed by atoms with van der Waals surface area (Å²) in [6.45, 7) is 4.37. The molecule has 218 valence electrons. The van der Waals surface area contributed by atoms with Crippen molar-refractivity contribution in [3.05, 3.63) is 130 Å². The molecule has 2 aromatic heterocycles. The van der Waals surface area contributed by atoms with Gasteiger partial charge in [-0.05, 0) is 77.3 Å². The highest BCUT2D eigenvalue weighted by Crippen LogP contribution is 2.35. The number of rotatable bonds is 7. The average Bonchev–Trinajstić information content (AvgIpc) is 3.48. The molecule has 43 heavy (non-hydrogen) atoms. The van der Waals surface area contributed by atoms with Gasteiger partial charge < -0.3 is 14.0 Å². The third-order valence-corrected chi connectivity index (χ3v) is 9.19. The van der Waals surface area contributed by atoms with Crippen LogP contribution in [0, 0.1) is 0 Å². The third kappa shape index (κ3) is 5.48. The quantitative estimate of drug-likeness (QED) is 0.192. The van der Waals surface area contributed by atoms with Crippen LogP contribution in [0.25, 0.3) is 17.0 Å². The van der Waals surface area contributed by atoms with Gasteiger partial charge in [0.1, 0.15) is 5.75 Å². The molecular weight excluding hydrogens is 650 g/mol. The van der Waals surface area contributed by atoms with Crippen molar-refractivity contribution in [3.63, 3.8) is 0 Å². The summed E-state index contributed by atoms with van der Waals surface area (Å²) in [7, 11) is 1.59. The van der Waals surface area contributed by atoms with E-state index in [2.05, 4.69) is 32.8 Å². The molecule has 1 aliphatic heterocycles. The van der Waals surface area contributed by atoms with E-state index in [1.807, 2.05) is 66.7 Å². The molecular formula is C33H27BrClN3O4S. The summed E-state index contributed by atoms with van der Waals surface area (Å²) in [6, 6.07) is 20.7. The summed E-state index contributed by atoms with van der Waals surface area (Å²) in [5.74, 6) is 0.141. The molecule has 0 aliphatic carbocycles. The van der Waals surface area contributed by atoms with E-state index in [0.29, 0.717) is 42.4 Å². The van der Waals surface area contributed by atoms with E-state index in [1.165, 1.54) is 11.3 Å². The van der Waals surface area contributed by atoms with Gasteiger partial charge in [-0.15, -0.1) is 0 Å². The Hall–Kier alpha value is -3.92. The Labute approximate surface area is 265 Å². The van der Waals surface area contributed by atoms with E-state index < -0.39 is 12.0 Å². The van der Waals surface area contributed by atoms with Gasteiger partial charge in [0.15, 0.2) is 4.80 Å². The molecule has 1 atom stereocenters. The monoisotopic (exact) mass is 675 g/mol. The van der Waals surface area contributed by atoms with Crippen LogP contribution in [0.4, 0.5) is 0 Å². The zero-order valence-electron chi connectivity index (χ0n) is 23.6. The zero-order valence-corrected chi connectivity index (χ0v) is 26.8. The second kappa shape index (κ2) is 12.0. The SMILES string of the molecule is CCOC(=O)C1=C(C)N=c2s/c(=C/c3cn(Cc4cccc(Cl)c4)c4ccccc34)c(=O)n2[C@@H]1c1ccc(OC)c(Br)c1. The summed E-state index contributed by atoms with van der Waals surface area (Å²) < 4.78 is 15.8. The van der Waals surface area contributed by atoms with Crippen molar-refractivity contribution in [2.24, 2.45) is 4.99 Å². The molecule has 5 aromatic rings. The van der Waals surface area contributed by atoms with E-state index in [4.69, 9.17) is 26.1 Å². The summed E-state index contributed by atoms with van der Waals surface area (Å²) >= 11 is 11.1. The van der Waals surface area contributed by atoms with Gasteiger partial charge in [0.25, 0.3) is 5.56 Å². The molecule has 3 aromatic carbocycles. The number of carbonyl (C=O) groups is 1. The Morgan fingerprint density at radius 1 is 1.14 bits per heavy atom. The number of benzene rings is 3. The molecule has 6 rings (SSSR count). The highest BCUT2D eigenvalue weighted by atomic mass is 79.9. The normalized spacial score (nSPS) is 15.0. The molecule has 0 N–H and O–H groups in total. The molecule has 0 saturated heterocycles. The maximum absolute atomic E-state index is 14.2. The molecule has 7 nitrogen and oxygen atoms in total. The largest absolute Gasteiger partial charge is 0.496 e. The number of methoxy groups -OCH3 is 1. The predicted molar refractivity (Wildman–Crippen MR) is 174 cm³/mol. The molecule has 1 aliphatic rings. The van der Waals surface area contributed by atoms with Crippen molar-refractivity contribution in [2.45, 2.75) is 26.4 Å². The van der Waals surface area contributed by atoms with E-state index in [1.54, 1.807) is 25.5 Å². The minimum absolute atomic E-state index is 0.207. The summed E-state index contributed by atoms with van der Waals surface area (Å²) in [5, 5.41) is 1.71. The van der Waals surface area contributed by atoms with E-state index >= 15 is 0 Å². The standard InChI is InChI=1S/C33H27BrClN3O4S/c1-4-42-32(40)29-19(2)36-33-38(30(29)21-12-13-27(41-3)25(34)15-21)31(39)28(43-33)16-22-18-37(26-11-6-5-10-24(22)26)17-20-8-7-9-23(35)14-20/h5-16,18,30H,4,17H2,1-3H3/b28-16+/t30-/m1/s1. The van der Waals surface area contributed by atoms with Crippen molar-refractivity contribution >= 4 is 61.8 Å². The molecule has 0 saturated carbocycles. The van der Waals surface area contributed by atoms with Crippen LogP contribution in [0.15, 0.2) is 98.5 Å². The first-order chi connectivity index (χ1) is 20.8. The van der Waals surface area contributed by atoms with Gasteiger partial charge >= 0.3 is 5.97 Å². The fourth-order valence-corrected chi connectivity index (χ4v) is 7.26. The number of halogens is 2. The second-order valence-corrected chi connectivity index (χ2v) is 12.4. The van der Waals surface area contributed by atoms with Crippen molar-refractivity contribution < 1.29 is 14.3 Å². The van der Waals surface area contributed by atoms with Crippen LogP contribution in [0.1, 0.15) is 36.6 Å². The number of aromatic nitrogens is 2. The van der Waals surface area contributed by atoms with E-state index in [9.17, 15) is 9.59 Å².